The van der Waals surface area contributed by atoms with Crippen LogP contribution in [0.3, 0.4) is 0 Å². The number of nitrogens with one attached hydrogen (secondary N) is 1. The summed E-state index contributed by atoms with van der Waals surface area (Å²) in [7, 11) is 1.64. The maximum atomic E-state index is 11.8. The third-order valence-electron chi connectivity index (χ3n) is 3.09. The lowest BCUT2D eigenvalue weighted by Gasteiger charge is -2.25. The fourth-order valence-electron chi connectivity index (χ4n) is 1.63. The van der Waals surface area contributed by atoms with Gasteiger partial charge in [0.15, 0.2) is 0 Å². The van der Waals surface area contributed by atoms with Crippen molar-refractivity contribution < 1.29 is 9.53 Å². The van der Waals surface area contributed by atoms with Gasteiger partial charge in [0.05, 0.1) is 13.2 Å². The van der Waals surface area contributed by atoms with Gasteiger partial charge in [-0.25, -0.2) is 0 Å². The van der Waals surface area contributed by atoms with Crippen LogP contribution in [0.2, 0.25) is 0 Å². The van der Waals surface area contributed by atoms with Crippen LogP contribution in [0.25, 0.3) is 0 Å². The lowest BCUT2D eigenvalue weighted by molar-refractivity contribution is -0.124. The number of benzene rings is 1. The van der Waals surface area contributed by atoms with Crippen molar-refractivity contribution in [3.05, 3.63) is 29.8 Å². The summed E-state index contributed by atoms with van der Waals surface area (Å²) in [6.07, 6.45) is 0.784. The number of hydrogen-bond acceptors (Lipinski definition) is 3. The van der Waals surface area contributed by atoms with E-state index in [-0.39, 0.29) is 23.7 Å². The van der Waals surface area contributed by atoms with Gasteiger partial charge in [0.2, 0.25) is 5.91 Å². The molecular weight excluding hydrogens is 276 g/mol. The van der Waals surface area contributed by atoms with Gasteiger partial charge in [-0.1, -0.05) is 32.9 Å². The highest BCUT2D eigenvalue weighted by Gasteiger charge is 2.26. The third kappa shape index (κ3) is 5.80. The van der Waals surface area contributed by atoms with Crippen LogP contribution in [0, 0.1) is 5.41 Å². The molecule has 0 heterocycles. The monoisotopic (exact) mass is 300 g/mol. The van der Waals surface area contributed by atoms with Crippen LogP contribution < -0.4 is 15.8 Å². The van der Waals surface area contributed by atoms with Gasteiger partial charge in [0.1, 0.15) is 5.75 Å². The highest BCUT2D eigenvalue weighted by atomic mass is 35.5. The molecule has 0 aromatic heterocycles. The molecule has 0 aliphatic rings. The van der Waals surface area contributed by atoms with Gasteiger partial charge in [-0.3, -0.25) is 4.79 Å². The highest BCUT2D eigenvalue weighted by molar-refractivity contribution is 5.85. The summed E-state index contributed by atoms with van der Waals surface area (Å²) >= 11 is 0. The number of carbonyl (C=O) groups is 1. The summed E-state index contributed by atoms with van der Waals surface area (Å²) < 4.78 is 5.09. The van der Waals surface area contributed by atoms with Gasteiger partial charge in [0, 0.05) is 6.54 Å². The second-order valence-electron chi connectivity index (χ2n) is 5.73. The molecule has 0 fully saturated rings. The summed E-state index contributed by atoms with van der Waals surface area (Å²) in [5.74, 6) is 0.739. The van der Waals surface area contributed by atoms with E-state index in [4.69, 9.17) is 10.5 Å². The van der Waals surface area contributed by atoms with Gasteiger partial charge in [0.25, 0.3) is 0 Å². The maximum Gasteiger partial charge on any atom is 0.237 e. The van der Waals surface area contributed by atoms with E-state index in [2.05, 4.69) is 5.32 Å². The Bertz CT molecular complexity index is 413. The molecule has 3 N–H and O–H groups in total. The molecule has 1 amide bonds. The number of methoxy groups -OCH3 is 1. The Morgan fingerprint density at radius 3 is 2.30 bits per heavy atom. The van der Waals surface area contributed by atoms with E-state index in [9.17, 15) is 4.79 Å². The van der Waals surface area contributed by atoms with Gasteiger partial charge in [-0.05, 0) is 29.5 Å². The molecule has 5 heteroatoms. The average Bonchev–Trinajstić information content (AvgIpc) is 2.37. The average molecular weight is 301 g/mol. The van der Waals surface area contributed by atoms with Crippen LogP contribution in [0.15, 0.2) is 24.3 Å². The Labute approximate surface area is 127 Å². The predicted octanol–water partition coefficient (Wildman–Crippen LogP) is 2.15. The number of rotatable bonds is 5. The first-order valence-electron chi connectivity index (χ1n) is 6.51. The van der Waals surface area contributed by atoms with E-state index < -0.39 is 6.04 Å². The summed E-state index contributed by atoms with van der Waals surface area (Å²) in [5.41, 5.74) is 6.82. The maximum absolute atomic E-state index is 11.8. The SMILES string of the molecule is COc1ccc(CCNC(=O)[C@@H](N)C(C)(C)C)cc1.Cl. The Morgan fingerprint density at radius 1 is 1.30 bits per heavy atom. The molecule has 0 unspecified atom stereocenters. The summed E-state index contributed by atoms with van der Waals surface area (Å²) in [5, 5.41) is 2.87. The second kappa shape index (κ2) is 8.12. The summed E-state index contributed by atoms with van der Waals surface area (Å²) in [6, 6.07) is 7.34. The minimum atomic E-state index is -0.483. The molecule has 1 aromatic rings. The third-order valence-corrected chi connectivity index (χ3v) is 3.09. The van der Waals surface area contributed by atoms with E-state index >= 15 is 0 Å². The fraction of sp³-hybridized carbons (Fsp3) is 0.533. The van der Waals surface area contributed by atoms with Gasteiger partial charge in [-0.2, -0.15) is 0 Å². The minimum absolute atomic E-state index is 0. The number of hydrogen-bond donors (Lipinski definition) is 2. The van der Waals surface area contributed by atoms with Crippen molar-refractivity contribution in [2.75, 3.05) is 13.7 Å². The topological polar surface area (TPSA) is 64.3 Å². The molecule has 114 valence electrons. The number of halogens is 1. The van der Waals surface area contributed by atoms with Crippen molar-refractivity contribution in [3.8, 4) is 5.75 Å². The van der Waals surface area contributed by atoms with Crippen molar-refractivity contribution >= 4 is 18.3 Å². The standard InChI is InChI=1S/C15H24N2O2.ClH/c1-15(2,3)13(16)14(18)17-10-9-11-5-7-12(19-4)8-6-11;/h5-8,13H,9-10,16H2,1-4H3,(H,17,18);1H/t13-;/m1./s1. The van der Waals surface area contributed by atoms with Crippen LogP contribution in [0.1, 0.15) is 26.3 Å². The van der Waals surface area contributed by atoms with Crippen LogP contribution in [-0.4, -0.2) is 25.6 Å². The zero-order chi connectivity index (χ0) is 14.5. The summed E-state index contributed by atoms with van der Waals surface area (Å²) in [6.45, 7) is 6.47. The minimum Gasteiger partial charge on any atom is -0.497 e. The molecule has 1 rings (SSSR count). The molecule has 1 aromatic carbocycles. The Hall–Kier alpha value is -1.26. The smallest absolute Gasteiger partial charge is 0.237 e. The van der Waals surface area contributed by atoms with Crippen LogP contribution in [0.5, 0.6) is 5.75 Å². The molecular formula is C15H25ClN2O2. The highest BCUT2D eigenvalue weighted by Crippen LogP contribution is 2.17. The van der Waals surface area contributed by atoms with E-state index in [0.717, 1.165) is 17.7 Å². The predicted molar refractivity (Wildman–Crippen MR) is 84.4 cm³/mol. The fourth-order valence-corrected chi connectivity index (χ4v) is 1.63. The molecule has 4 nitrogen and oxygen atoms in total. The van der Waals surface area contributed by atoms with Crippen molar-refractivity contribution in [2.24, 2.45) is 11.1 Å². The first-order valence-corrected chi connectivity index (χ1v) is 6.51. The van der Waals surface area contributed by atoms with Crippen molar-refractivity contribution in [2.45, 2.75) is 33.2 Å². The molecule has 0 bridgehead atoms. The van der Waals surface area contributed by atoms with Crippen molar-refractivity contribution in [1.82, 2.24) is 5.32 Å². The zero-order valence-corrected chi connectivity index (χ0v) is 13.4. The number of amides is 1. The molecule has 20 heavy (non-hydrogen) atoms. The quantitative estimate of drug-likeness (QED) is 0.876. The van der Waals surface area contributed by atoms with E-state index in [1.165, 1.54) is 0 Å². The number of ether oxygens (including phenoxy) is 1. The number of nitrogens with two attached hydrogens (primary N) is 1. The first kappa shape index (κ1) is 18.7. The molecule has 0 radical (unpaired) electrons. The van der Waals surface area contributed by atoms with Crippen LogP contribution in [0.4, 0.5) is 0 Å². The van der Waals surface area contributed by atoms with Crippen molar-refractivity contribution in [3.63, 3.8) is 0 Å². The van der Waals surface area contributed by atoms with Crippen molar-refractivity contribution in [1.29, 1.82) is 0 Å². The number of carbonyl (C=O) groups excluding carboxylic acids is 1. The van der Waals surface area contributed by atoms with E-state index in [1.807, 2.05) is 45.0 Å². The van der Waals surface area contributed by atoms with Crippen LogP contribution >= 0.6 is 12.4 Å². The lowest BCUT2D eigenvalue weighted by atomic mass is 9.87. The Kier molecular flexibility index (Phi) is 7.61. The molecule has 0 spiro atoms. The lowest BCUT2D eigenvalue weighted by Crippen LogP contribution is -2.48. The summed E-state index contributed by atoms with van der Waals surface area (Å²) in [4.78, 5) is 11.8. The Balaban J connectivity index is 0.00000361. The Morgan fingerprint density at radius 2 is 1.85 bits per heavy atom. The largest absolute Gasteiger partial charge is 0.497 e. The molecule has 0 aliphatic heterocycles. The molecule has 1 atom stereocenters. The molecule has 0 aliphatic carbocycles. The van der Waals surface area contributed by atoms with E-state index in [1.54, 1.807) is 7.11 Å². The van der Waals surface area contributed by atoms with Gasteiger partial charge >= 0.3 is 0 Å². The van der Waals surface area contributed by atoms with Crippen LogP contribution in [-0.2, 0) is 11.2 Å². The van der Waals surface area contributed by atoms with Gasteiger partial charge in [-0.15, -0.1) is 12.4 Å². The molecule has 0 saturated carbocycles. The van der Waals surface area contributed by atoms with Gasteiger partial charge < -0.3 is 15.8 Å². The van der Waals surface area contributed by atoms with E-state index in [0.29, 0.717) is 6.54 Å². The second-order valence-corrected chi connectivity index (χ2v) is 5.73. The zero-order valence-electron chi connectivity index (χ0n) is 12.6. The normalized spacial score (nSPS) is 12.2. The first-order chi connectivity index (χ1) is 8.84. The molecule has 0 saturated heterocycles.